The molecule has 0 saturated carbocycles. The maximum Gasteiger partial charge on any atom is 0.340 e. The molecule has 0 aliphatic carbocycles. The number of methoxy groups -OCH3 is 1. The molecule has 0 amide bonds. The van der Waals surface area contributed by atoms with Crippen LogP contribution in [-0.2, 0) is 26.2 Å². The monoisotopic (exact) mass is 619 g/mol. The lowest BCUT2D eigenvalue weighted by molar-refractivity contribution is 0.0600. The molecule has 0 saturated heterocycles. The van der Waals surface area contributed by atoms with Crippen molar-refractivity contribution >= 4 is 35.1 Å². The minimum absolute atomic E-state index is 0.0341. The topological polar surface area (TPSA) is 92.4 Å². The van der Waals surface area contributed by atoms with E-state index in [9.17, 15) is 13.2 Å². The smallest absolute Gasteiger partial charge is 0.340 e. The fourth-order valence-corrected chi connectivity index (χ4v) is 7.04. The minimum atomic E-state index is -3.93. The van der Waals surface area contributed by atoms with Gasteiger partial charge in [0.05, 0.1) is 29.0 Å². The first-order chi connectivity index (χ1) is 20.4. The molecule has 5 aromatic rings. The van der Waals surface area contributed by atoms with Crippen LogP contribution in [0.4, 0.5) is 4.39 Å². The van der Waals surface area contributed by atoms with Crippen molar-refractivity contribution in [3.05, 3.63) is 96.1 Å². The average Bonchev–Trinajstić information content (AvgIpc) is 3.59. The first kappa shape index (κ1) is 30.4. The van der Waals surface area contributed by atoms with E-state index in [1.54, 1.807) is 66.1 Å². The Kier molecular flexibility index (Phi) is 8.42. The Hall–Kier alpha value is -4.06. The fraction of sp³-hybridized carbons (Fsp3) is 0.250. The Morgan fingerprint density at radius 2 is 1.74 bits per heavy atom. The van der Waals surface area contributed by atoms with Crippen molar-refractivity contribution in [1.29, 1.82) is 0 Å². The quantitative estimate of drug-likeness (QED) is 0.0954. The van der Waals surface area contributed by atoms with Crippen LogP contribution in [0.25, 0.3) is 33.5 Å². The Labute approximate surface area is 251 Å². The van der Waals surface area contributed by atoms with Crippen LogP contribution in [0.2, 0.25) is 25.7 Å². The predicted molar refractivity (Wildman–Crippen MR) is 168 cm³/mol. The molecule has 0 N–H and O–H groups in total. The minimum Gasteiger partial charge on any atom is -0.465 e. The summed E-state index contributed by atoms with van der Waals surface area (Å²) >= 11 is 0. The zero-order chi connectivity index (χ0) is 30.9. The van der Waals surface area contributed by atoms with Gasteiger partial charge < -0.3 is 14.0 Å². The first-order valence-corrected chi connectivity index (χ1v) is 19.0. The molecular formula is C32H34FN3O5SSi. The molecule has 11 heteroatoms. The van der Waals surface area contributed by atoms with Crippen LogP contribution in [0.15, 0.2) is 84.0 Å². The number of pyridine rings is 1. The van der Waals surface area contributed by atoms with Gasteiger partial charge in [0.15, 0.2) is 5.65 Å². The third-order valence-corrected chi connectivity index (χ3v) is 10.7. The van der Waals surface area contributed by atoms with Crippen molar-refractivity contribution < 1.29 is 27.1 Å². The van der Waals surface area contributed by atoms with Crippen molar-refractivity contribution in [2.45, 2.75) is 44.2 Å². The van der Waals surface area contributed by atoms with E-state index in [4.69, 9.17) is 9.47 Å². The average molecular weight is 620 g/mol. The first-order valence-electron chi connectivity index (χ1n) is 13.9. The van der Waals surface area contributed by atoms with Gasteiger partial charge in [0, 0.05) is 43.6 Å². The second-order valence-corrected chi connectivity index (χ2v) is 19.0. The molecule has 0 bridgehead atoms. The van der Waals surface area contributed by atoms with E-state index in [0.29, 0.717) is 34.5 Å². The van der Waals surface area contributed by atoms with Gasteiger partial charge in [-0.25, -0.2) is 26.6 Å². The van der Waals surface area contributed by atoms with Crippen molar-refractivity contribution in [3.63, 3.8) is 0 Å². The van der Waals surface area contributed by atoms with Crippen molar-refractivity contribution in [3.8, 4) is 22.5 Å². The van der Waals surface area contributed by atoms with E-state index in [1.165, 1.54) is 31.6 Å². The number of nitrogens with zero attached hydrogens (tertiary/aromatic N) is 3. The molecule has 0 unspecified atom stereocenters. The second kappa shape index (κ2) is 11.9. The molecule has 0 aliphatic heterocycles. The van der Waals surface area contributed by atoms with Crippen LogP contribution in [-0.4, -0.2) is 49.7 Å². The number of halogens is 1. The Bertz CT molecular complexity index is 1910. The van der Waals surface area contributed by atoms with Gasteiger partial charge in [0.2, 0.25) is 0 Å². The van der Waals surface area contributed by atoms with E-state index in [0.717, 1.165) is 10.0 Å². The zero-order valence-corrected chi connectivity index (χ0v) is 26.6. The number of benzene rings is 2. The maximum absolute atomic E-state index is 15.6. The van der Waals surface area contributed by atoms with Gasteiger partial charge in [0.25, 0.3) is 10.0 Å². The summed E-state index contributed by atoms with van der Waals surface area (Å²) in [5.41, 5.74) is 2.50. The summed E-state index contributed by atoms with van der Waals surface area (Å²) in [6, 6.07) is 19.1. The van der Waals surface area contributed by atoms with Gasteiger partial charge in [-0.05, 0) is 54.9 Å². The van der Waals surface area contributed by atoms with E-state index >= 15 is 4.39 Å². The number of aromatic nitrogens is 3. The highest BCUT2D eigenvalue weighted by Gasteiger charge is 2.28. The molecule has 0 aliphatic rings. The van der Waals surface area contributed by atoms with E-state index in [-0.39, 0.29) is 28.4 Å². The number of carbonyl (C=O) groups excluding carboxylic acids is 1. The third kappa shape index (κ3) is 5.92. The van der Waals surface area contributed by atoms with Gasteiger partial charge in [0.1, 0.15) is 12.5 Å². The number of aryl methyl sites for hydroxylation is 1. The molecule has 3 heterocycles. The Morgan fingerprint density at radius 1 is 1.00 bits per heavy atom. The van der Waals surface area contributed by atoms with Gasteiger partial charge in [-0.2, -0.15) is 0 Å². The van der Waals surface area contributed by atoms with Crippen molar-refractivity contribution in [2.75, 3.05) is 13.7 Å². The summed E-state index contributed by atoms with van der Waals surface area (Å²) < 4.78 is 56.8. The van der Waals surface area contributed by atoms with Crippen LogP contribution in [0, 0.1) is 12.7 Å². The summed E-state index contributed by atoms with van der Waals surface area (Å²) in [5, 5.41) is 0.538. The highest BCUT2D eigenvalue weighted by molar-refractivity contribution is 7.90. The lowest BCUT2D eigenvalue weighted by atomic mass is 10.0. The summed E-state index contributed by atoms with van der Waals surface area (Å²) in [4.78, 5) is 17.7. The summed E-state index contributed by atoms with van der Waals surface area (Å²) in [7, 11) is -4.06. The number of hydrogen-bond donors (Lipinski definition) is 0. The third-order valence-electron chi connectivity index (χ3n) is 7.30. The summed E-state index contributed by atoms with van der Waals surface area (Å²) in [6.07, 6.45) is 2.98. The lowest BCUT2D eigenvalue weighted by Gasteiger charge is -2.19. The second-order valence-electron chi connectivity index (χ2n) is 11.5. The maximum atomic E-state index is 15.6. The van der Waals surface area contributed by atoms with Gasteiger partial charge in [-0.1, -0.05) is 50.0 Å². The van der Waals surface area contributed by atoms with Gasteiger partial charge in [-0.15, -0.1) is 0 Å². The summed E-state index contributed by atoms with van der Waals surface area (Å²) in [6.45, 7) is 8.95. The normalized spacial score (nSPS) is 12.1. The van der Waals surface area contributed by atoms with E-state index in [2.05, 4.69) is 24.6 Å². The molecular weight excluding hydrogens is 586 g/mol. The number of hydrogen-bond acceptors (Lipinski definition) is 6. The largest absolute Gasteiger partial charge is 0.465 e. The molecule has 0 atom stereocenters. The molecule has 43 heavy (non-hydrogen) atoms. The predicted octanol–water partition coefficient (Wildman–Crippen LogP) is 6.96. The zero-order valence-electron chi connectivity index (χ0n) is 24.8. The highest BCUT2D eigenvalue weighted by Crippen LogP contribution is 2.38. The Morgan fingerprint density at radius 3 is 2.44 bits per heavy atom. The van der Waals surface area contributed by atoms with Crippen LogP contribution in [0.3, 0.4) is 0 Å². The number of carbonyl (C=O) groups is 1. The van der Waals surface area contributed by atoms with Crippen LogP contribution >= 0.6 is 0 Å². The summed E-state index contributed by atoms with van der Waals surface area (Å²) in [5.74, 6) is -1.09. The van der Waals surface area contributed by atoms with Crippen molar-refractivity contribution in [2.24, 2.45) is 0 Å². The standard InChI is InChI=1S/C32H34FN3O5SSi/c1-22-10-9-13-26(29(22)33)30-27(32(37)40-2)20-28(35(30)21-41-18-19-43(3,4)5)24-14-16-34-31-25(24)15-17-36(31)42(38,39)23-11-7-6-8-12-23/h6-17,20H,18-19,21H2,1-5H3. The van der Waals surface area contributed by atoms with Crippen LogP contribution < -0.4 is 0 Å². The number of rotatable bonds is 10. The number of fused-ring (bicyclic) bond motifs is 1. The van der Waals surface area contributed by atoms with Crippen molar-refractivity contribution in [1.82, 2.24) is 13.5 Å². The SMILES string of the molecule is COC(=O)c1cc(-c2ccnc3c2ccn3S(=O)(=O)c2ccccc2)n(COCC[Si](C)(C)C)c1-c1cccc(C)c1F. The number of esters is 1. The molecule has 224 valence electrons. The molecule has 0 fully saturated rings. The van der Waals surface area contributed by atoms with Crippen LogP contribution in [0.5, 0.6) is 0 Å². The molecule has 3 aromatic heterocycles. The molecule has 2 aromatic carbocycles. The molecule has 5 rings (SSSR count). The van der Waals surface area contributed by atoms with Crippen LogP contribution in [0.1, 0.15) is 15.9 Å². The highest BCUT2D eigenvalue weighted by atomic mass is 32.2. The molecule has 0 spiro atoms. The van der Waals surface area contributed by atoms with Gasteiger partial charge >= 0.3 is 5.97 Å². The fourth-order valence-electron chi connectivity index (χ4n) is 4.96. The molecule has 8 nitrogen and oxygen atoms in total. The Balaban J connectivity index is 1.73. The van der Waals surface area contributed by atoms with Gasteiger partial charge in [-0.3, -0.25) is 0 Å². The lowest BCUT2D eigenvalue weighted by Crippen LogP contribution is -2.22. The number of ether oxygens (including phenoxy) is 2. The van der Waals surface area contributed by atoms with E-state index in [1.807, 2.05) is 0 Å². The molecule has 0 radical (unpaired) electrons. The van der Waals surface area contributed by atoms with E-state index < -0.39 is 29.9 Å².